The summed E-state index contributed by atoms with van der Waals surface area (Å²) in [6.07, 6.45) is 1.26. The molecule has 3 amide bonds. The second kappa shape index (κ2) is 8.26. The highest BCUT2D eigenvalue weighted by Crippen LogP contribution is 2.30. The van der Waals surface area contributed by atoms with Gasteiger partial charge in [-0.1, -0.05) is 30.3 Å². The zero-order chi connectivity index (χ0) is 17.6. The van der Waals surface area contributed by atoms with Crippen LogP contribution in [0.25, 0.3) is 0 Å². The minimum absolute atomic E-state index is 0.0354. The topological polar surface area (TPSA) is 106 Å². The van der Waals surface area contributed by atoms with Gasteiger partial charge in [-0.3, -0.25) is 14.5 Å². The first-order valence-electron chi connectivity index (χ1n) is 8.20. The van der Waals surface area contributed by atoms with E-state index in [-0.39, 0.29) is 31.2 Å². The lowest BCUT2D eigenvalue weighted by Crippen LogP contribution is -2.49. The number of rotatable bonds is 8. The van der Waals surface area contributed by atoms with Crippen LogP contribution in [0.3, 0.4) is 0 Å². The Hall–Kier alpha value is -2.20. The van der Waals surface area contributed by atoms with Gasteiger partial charge < -0.3 is 9.74 Å². The molecule has 2 aliphatic heterocycles. The van der Waals surface area contributed by atoms with Crippen molar-refractivity contribution in [1.29, 1.82) is 0 Å². The maximum atomic E-state index is 12.6. The van der Waals surface area contributed by atoms with Gasteiger partial charge in [0.05, 0.1) is 12.6 Å². The molecule has 2 bridgehead atoms. The van der Waals surface area contributed by atoms with Crippen LogP contribution in [0.15, 0.2) is 30.3 Å². The summed E-state index contributed by atoms with van der Waals surface area (Å²) in [4.78, 5) is 41.3. The predicted octanol–water partition coefficient (Wildman–Crippen LogP) is 0.325. The molecule has 3 N–H and O–H groups in total. The molecule has 0 aliphatic carbocycles. The summed E-state index contributed by atoms with van der Waals surface area (Å²) >= 11 is 0. The molecule has 2 heterocycles. The number of nitrogens with zero attached hydrogens (tertiary/aromatic N) is 2. The highest BCUT2D eigenvalue weighted by atomic mass is 16.7. The minimum Gasteiger partial charge on any atom is -0.309 e. The first-order valence-corrected chi connectivity index (χ1v) is 8.20. The van der Waals surface area contributed by atoms with E-state index in [0.717, 1.165) is 5.56 Å². The van der Waals surface area contributed by atoms with Crippen LogP contribution in [0.2, 0.25) is 0 Å². The number of hydrogen-bond acceptors (Lipinski definition) is 6. The molecule has 2 fully saturated rings. The first-order chi connectivity index (χ1) is 12.2. The highest BCUT2D eigenvalue weighted by Gasteiger charge is 2.47. The van der Waals surface area contributed by atoms with Gasteiger partial charge in [0, 0.05) is 6.54 Å². The molecular formula is C16H22N4O5. The summed E-state index contributed by atoms with van der Waals surface area (Å²) in [5, 5.41) is 1.39. The molecule has 25 heavy (non-hydrogen) atoms. The zero-order valence-electron chi connectivity index (χ0n) is 13.8. The van der Waals surface area contributed by atoms with Crippen LogP contribution in [0.4, 0.5) is 4.79 Å². The lowest BCUT2D eigenvalue weighted by atomic mass is 10.0. The predicted molar refractivity (Wildman–Crippen MR) is 86.2 cm³/mol. The quantitative estimate of drug-likeness (QED) is 0.517. The molecule has 0 unspecified atom stereocenters. The molecule has 0 radical (unpaired) electrons. The molecular weight excluding hydrogens is 328 g/mol. The number of nitrogens with two attached hydrogens (primary N) is 1. The van der Waals surface area contributed by atoms with E-state index in [0.29, 0.717) is 26.0 Å². The van der Waals surface area contributed by atoms with Gasteiger partial charge in [-0.25, -0.2) is 16.2 Å². The first kappa shape index (κ1) is 17.6. The van der Waals surface area contributed by atoms with Crippen LogP contribution in [0.1, 0.15) is 18.4 Å². The van der Waals surface area contributed by atoms with Crippen molar-refractivity contribution in [3.63, 3.8) is 0 Å². The average molecular weight is 350 g/mol. The van der Waals surface area contributed by atoms with Gasteiger partial charge in [-0.15, -0.1) is 0 Å². The third-order valence-electron chi connectivity index (χ3n) is 4.31. The molecule has 9 nitrogen and oxygen atoms in total. The lowest BCUT2D eigenvalue weighted by Gasteiger charge is -2.28. The van der Waals surface area contributed by atoms with Crippen LogP contribution >= 0.6 is 0 Å². The number of amides is 3. The third kappa shape index (κ3) is 4.07. The van der Waals surface area contributed by atoms with Gasteiger partial charge in [-0.2, -0.15) is 5.06 Å². The Labute approximate surface area is 145 Å². The average Bonchev–Trinajstić information content (AvgIpc) is 2.88. The van der Waals surface area contributed by atoms with E-state index in [1.54, 1.807) is 0 Å². The molecule has 0 spiro atoms. The molecule has 2 aliphatic rings. The Morgan fingerprint density at radius 1 is 1.24 bits per heavy atom. The Kier molecular flexibility index (Phi) is 5.82. The van der Waals surface area contributed by atoms with E-state index >= 15 is 0 Å². The van der Waals surface area contributed by atoms with Crippen molar-refractivity contribution in [2.24, 2.45) is 5.90 Å². The van der Waals surface area contributed by atoms with E-state index in [1.165, 1.54) is 9.96 Å². The van der Waals surface area contributed by atoms with Crippen LogP contribution < -0.4 is 11.4 Å². The number of hydroxylamine groups is 3. The zero-order valence-corrected chi connectivity index (χ0v) is 13.8. The van der Waals surface area contributed by atoms with Gasteiger partial charge in [-0.05, 0) is 18.4 Å². The van der Waals surface area contributed by atoms with E-state index in [1.807, 2.05) is 30.3 Å². The molecule has 0 saturated carbocycles. The second-order valence-electron chi connectivity index (χ2n) is 5.95. The number of fused-ring (bicyclic) bond motifs is 2. The van der Waals surface area contributed by atoms with E-state index in [2.05, 4.69) is 10.3 Å². The molecule has 2 saturated heterocycles. The number of benzene rings is 1. The summed E-state index contributed by atoms with van der Waals surface area (Å²) in [6, 6.07) is 8.75. The number of carbonyl (C=O) groups excluding carboxylic acids is 2. The van der Waals surface area contributed by atoms with Gasteiger partial charge >= 0.3 is 6.03 Å². The minimum atomic E-state index is -0.562. The van der Waals surface area contributed by atoms with Crippen LogP contribution in [0, 0.1) is 0 Å². The van der Waals surface area contributed by atoms with Crippen LogP contribution in [-0.4, -0.2) is 53.7 Å². The van der Waals surface area contributed by atoms with Crippen LogP contribution in [-0.2, 0) is 25.9 Å². The maximum Gasteiger partial charge on any atom is 0.345 e. The molecule has 2 atom stereocenters. The molecule has 9 heteroatoms. The Balaban J connectivity index is 1.54. The summed E-state index contributed by atoms with van der Waals surface area (Å²) < 4.78 is 0. The van der Waals surface area contributed by atoms with Crippen molar-refractivity contribution in [3.8, 4) is 0 Å². The number of hydrogen-bond donors (Lipinski definition) is 2. The van der Waals surface area contributed by atoms with Crippen molar-refractivity contribution < 1.29 is 24.1 Å². The number of piperidine rings is 1. The van der Waals surface area contributed by atoms with Gasteiger partial charge in [0.25, 0.3) is 5.91 Å². The van der Waals surface area contributed by atoms with Gasteiger partial charge in [0.2, 0.25) is 0 Å². The lowest BCUT2D eigenvalue weighted by molar-refractivity contribution is -0.141. The third-order valence-corrected chi connectivity index (χ3v) is 4.31. The van der Waals surface area contributed by atoms with Crippen molar-refractivity contribution in [2.75, 3.05) is 19.8 Å². The molecule has 0 aromatic heterocycles. The van der Waals surface area contributed by atoms with Gasteiger partial charge in [0.15, 0.2) is 0 Å². The Bertz CT molecular complexity index is 599. The van der Waals surface area contributed by atoms with Crippen molar-refractivity contribution >= 4 is 11.9 Å². The number of nitrogens with one attached hydrogen (secondary N) is 1. The highest BCUT2D eigenvalue weighted by molar-refractivity contribution is 5.88. The number of carbonyl (C=O) groups is 2. The largest absolute Gasteiger partial charge is 0.345 e. The normalized spacial score (nSPS) is 22.4. The van der Waals surface area contributed by atoms with Crippen LogP contribution in [0.5, 0.6) is 0 Å². The SMILES string of the molecule is NOCCONC(=O)[C@@H]1CC[C@@H]2CN1C(=O)N2OCc1ccccc1. The van der Waals surface area contributed by atoms with Gasteiger partial charge in [0.1, 0.15) is 19.3 Å². The summed E-state index contributed by atoms with van der Waals surface area (Å²) in [6.45, 7) is 1.09. The Morgan fingerprint density at radius 3 is 2.80 bits per heavy atom. The molecule has 3 rings (SSSR count). The fourth-order valence-corrected chi connectivity index (χ4v) is 3.07. The Morgan fingerprint density at radius 2 is 2.04 bits per heavy atom. The second-order valence-corrected chi connectivity index (χ2v) is 5.95. The van der Waals surface area contributed by atoms with Crippen molar-refractivity contribution in [1.82, 2.24) is 15.4 Å². The fourth-order valence-electron chi connectivity index (χ4n) is 3.07. The smallest absolute Gasteiger partial charge is 0.309 e. The van der Waals surface area contributed by atoms with E-state index < -0.39 is 6.04 Å². The van der Waals surface area contributed by atoms with Crippen molar-refractivity contribution in [3.05, 3.63) is 35.9 Å². The summed E-state index contributed by atoms with van der Waals surface area (Å²) in [7, 11) is 0. The molecule has 1 aromatic carbocycles. The summed E-state index contributed by atoms with van der Waals surface area (Å²) in [5.41, 5.74) is 3.32. The standard InChI is InChI=1S/C16H22N4O5/c17-23-8-9-24-18-15(21)14-7-6-13-10-19(14)16(22)20(13)25-11-12-4-2-1-3-5-12/h1-5,13-14H,6-11,17H2,(H,18,21)/t13-,14+/m1/s1. The summed E-state index contributed by atoms with van der Waals surface area (Å²) in [5.74, 6) is 4.52. The monoisotopic (exact) mass is 350 g/mol. The van der Waals surface area contributed by atoms with Crippen molar-refractivity contribution in [2.45, 2.75) is 31.5 Å². The van der Waals surface area contributed by atoms with E-state index in [4.69, 9.17) is 15.6 Å². The van der Waals surface area contributed by atoms with E-state index in [9.17, 15) is 9.59 Å². The molecule has 1 aromatic rings. The fraction of sp³-hybridized carbons (Fsp3) is 0.500. The number of urea groups is 1. The maximum absolute atomic E-state index is 12.6. The molecule has 136 valence electrons.